The van der Waals surface area contributed by atoms with Crippen molar-refractivity contribution >= 4 is 29.0 Å². The summed E-state index contributed by atoms with van der Waals surface area (Å²) in [6.07, 6.45) is 2.78. The summed E-state index contributed by atoms with van der Waals surface area (Å²) in [7, 11) is 0. The highest BCUT2D eigenvalue weighted by molar-refractivity contribution is 6.41. The van der Waals surface area contributed by atoms with Gasteiger partial charge >= 0.3 is 5.76 Å². The number of halogens is 3. The van der Waals surface area contributed by atoms with Crippen molar-refractivity contribution in [2.24, 2.45) is 0 Å². The molecule has 0 spiro atoms. The van der Waals surface area contributed by atoms with Crippen LogP contribution in [0.5, 0.6) is 0 Å². The Balaban J connectivity index is 2.20. The summed E-state index contributed by atoms with van der Waals surface area (Å²) >= 11 is 11.6. The van der Waals surface area contributed by atoms with E-state index in [-0.39, 0.29) is 11.7 Å². The topological polar surface area (TPSA) is 62.1 Å². The van der Waals surface area contributed by atoms with Gasteiger partial charge in [-0.05, 0) is 11.6 Å². The fourth-order valence-electron chi connectivity index (χ4n) is 1.58. The van der Waals surface area contributed by atoms with Crippen molar-refractivity contribution < 1.29 is 8.81 Å². The van der Waals surface area contributed by atoms with E-state index in [4.69, 9.17) is 23.2 Å². The molecule has 0 atom stereocenters. The standard InChI is InChI=1S/C11H10Cl2FN3O2/c12-8-3-7(4-15-10(8)13)5-17(2-1-14)9-6-19-11(18)16-9/h3-4,6H,1-2,5H2,(H,16,18). The molecule has 102 valence electrons. The molecule has 2 heterocycles. The van der Waals surface area contributed by atoms with Crippen LogP contribution in [-0.2, 0) is 6.54 Å². The Kier molecular flexibility index (Phi) is 4.44. The van der Waals surface area contributed by atoms with Gasteiger partial charge in [0.15, 0.2) is 0 Å². The SMILES string of the molecule is O=c1[nH]c(N(CCF)Cc2cnc(Cl)c(Cl)c2)co1. The van der Waals surface area contributed by atoms with Crippen molar-refractivity contribution in [1.29, 1.82) is 0 Å². The number of pyridine rings is 1. The summed E-state index contributed by atoms with van der Waals surface area (Å²) in [5, 5.41) is 0.527. The van der Waals surface area contributed by atoms with Gasteiger partial charge in [0.25, 0.3) is 0 Å². The molecule has 0 aliphatic rings. The second-order valence-electron chi connectivity index (χ2n) is 3.76. The van der Waals surface area contributed by atoms with Gasteiger partial charge in [0.2, 0.25) is 0 Å². The Morgan fingerprint density at radius 2 is 2.26 bits per heavy atom. The number of hydrogen-bond acceptors (Lipinski definition) is 4. The summed E-state index contributed by atoms with van der Waals surface area (Å²) < 4.78 is 17.2. The zero-order valence-corrected chi connectivity index (χ0v) is 11.2. The molecule has 8 heteroatoms. The molecule has 0 saturated carbocycles. The molecule has 0 unspecified atom stereocenters. The van der Waals surface area contributed by atoms with Crippen molar-refractivity contribution in [1.82, 2.24) is 9.97 Å². The lowest BCUT2D eigenvalue weighted by Gasteiger charge is -2.20. The monoisotopic (exact) mass is 305 g/mol. The molecule has 0 aliphatic heterocycles. The first-order valence-corrected chi connectivity index (χ1v) is 6.14. The van der Waals surface area contributed by atoms with Gasteiger partial charge in [0, 0.05) is 19.3 Å². The van der Waals surface area contributed by atoms with Gasteiger partial charge in [-0.3, -0.25) is 4.98 Å². The molecular formula is C11H10Cl2FN3O2. The van der Waals surface area contributed by atoms with Crippen LogP contribution in [0.2, 0.25) is 10.2 Å². The minimum atomic E-state index is -0.592. The van der Waals surface area contributed by atoms with Gasteiger partial charge < -0.3 is 9.32 Å². The molecule has 2 aromatic rings. The number of nitrogens with one attached hydrogen (secondary N) is 1. The number of oxazole rings is 1. The minimum Gasteiger partial charge on any atom is -0.414 e. The summed E-state index contributed by atoms with van der Waals surface area (Å²) in [6, 6.07) is 1.64. The number of rotatable bonds is 5. The average Bonchev–Trinajstić information content (AvgIpc) is 2.80. The highest BCUT2D eigenvalue weighted by Crippen LogP contribution is 2.21. The number of aromatic nitrogens is 2. The van der Waals surface area contributed by atoms with Crippen LogP contribution in [0.15, 0.2) is 27.7 Å². The van der Waals surface area contributed by atoms with Crippen LogP contribution in [0.4, 0.5) is 10.2 Å². The minimum absolute atomic E-state index is 0.107. The van der Waals surface area contributed by atoms with E-state index in [0.29, 0.717) is 17.4 Å². The normalized spacial score (nSPS) is 10.7. The summed E-state index contributed by atoms with van der Waals surface area (Å²) in [5.74, 6) is -0.195. The lowest BCUT2D eigenvalue weighted by molar-refractivity contribution is 0.487. The first kappa shape index (κ1) is 13.9. The van der Waals surface area contributed by atoms with Crippen LogP contribution in [0.3, 0.4) is 0 Å². The highest BCUT2D eigenvalue weighted by atomic mass is 35.5. The van der Waals surface area contributed by atoms with Crippen LogP contribution in [0, 0.1) is 0 Å². The van der Waals surface area contributed by atoms with Gasteiger partial charge in [-0.2, -0.15) is 0 Å². The maximum Gasteiger partial charge on any atom is 0.417 e. The Bertz CT molecular complexity index is 614. The highest BCUT2D eigenvalue weighted by Gasteiger charge is 2.11. The number of anilines is 1. The quantitative estimate of drug-likeness (QED) is 0.863. The Morgan fingerprint density at radius 3 is 2.84 bits per heavy atom. The average molecular weight is 306 g/mol. The van der Waals surface area contributed by atoms with Crippen LogP contribution in [0.25, 0.3) is 0 Å². The van der Waals surface area contributed by atoms with E-state index >= 15 is 0 Å². The molecule has 5 nitrogen and oxygen atoms in total. The predicted octanol–water partition coefficient (Wildman–Crippen LogP) is 2.65. The van der Waals surface area contributed by atoms with Crippen LogP contribution < -0.4 is 10.7 Å². The van der Waals surface area contributed by atoms with Gasteiger partial charge in [-0.25, -0.2) is 14.2 Å². The smallest absolute Gasteiger partial charge is 0.414 e. The number of H-pyrrole nitrogens is 1. The molecule has 0 radical (unpaired) electrons. The lowest BCUT2D eigenvalue weighted by atomic mass is 10.2. The Hall–Kier alpha value is -1.53. The molecule has 0 fully saturated rings. The maximum absolute atomic E-state index is 12.6. The molecule has 0 aliphatic carbocycles. The van der Waals surface area contributed by atoms with Crippen molar-refractivity contribution in [2.75, 3.05) is 18.1 Å². The Labute approximate surface area is 118 Å². The van der Waals surface area contributed by atoms with Crippen LogP contribution in [0.1, 0.15) is 5.56 Å². The van der Waals surface area contributed by atoms with Crippen molar-refractivity contribution in [2.45, 2.75) is 6.54 Å². The maximum atomic E-state index is 12.6. The van der Waals surface area contributed by atoms with E-state index in [1.165, 1.54) is 12.5 Å². The third-order valence-corrected chi connectivity index (χ3v) is 3.12. The van der Waals surface area contributed by atoms with E-state index in [2.05, 4.69) is 14.4 Å². The Morgan fingerprint density at radius 1 is 1.47 bits per heavy atom. The van der Waals surface area contributed by atoms with Gasteiger partial charge in [0.1, 0.15) is 23.9 Å². The second kappa shape index (κ2) is 6.08. The molecule has 0 bridgehead atoms. The second-order valence-corrected chi connectivity index (χ2v) is 4.53. The molecule has 0 saturated heterocycles. The third-order valence-electron chi connectivity index (χ3n) is 2.43. The van der Waals surface area contributed by atoms with E-state index in [0.717, 1.165) is 5.56 Å². The van der Waals surface area contributed by atoms with Gasteiger partial charge in [-0.1, -0.05) is 23.2 Å². The van der Waals surface area contributed by atoms with E-state index in [1.807, 2.05) is 0 Å². The lowest BCUT2D eigenvalue weighted by Crippen LogP contribution is -2.26. The van der Waals surface area contributed by atoms with Crippen LogP contribution in [-0.4, -0.2) is 23.2 Å². The number of nitrogens with zero attached hydrogens (tertiary/aromatic N) is 2. The third kappa shape index (κ3) is 3.48. The molecular weight excluding hydrogens is 296 g/mol. The first-order valence-electron chi connectivity index (χ1n) is 5.39. The first-order chi connectivity index (χ1) is 9.10. The number of hydrogen-bond donors (Lipinski definition) is 1. The largest absolute Gasteiger partial charge is 0.417 e. The molecule has 2 rings (SSSR count). The summed E-state index contributed by atoms with van der Waals surface area (Å²) in [4.78, 5) is 18.9. The zero-order valence-electron chi connectivity index (χ0n) is 9.70. The van der Waals surface area contributed by atoms with E-state index in [1.54, 1.807) is 11.0 Å². The number of aromatic amines is 1. The molecule has 0 aromatic carbocycles. The van der Waals surface area contributed by atoms with Crippen LogP contribution >= 0.6 is 23.2 Å². The van der Waals surface area contributed by atoms with Gasteiger partial charge in [0.05, 0.1) is 5.02 Å². The zero-order chi connectivity index (χ0) is 13.8. The molecule has 19 heavy (non-hydrogen) atoms. The number of alkyl halides is 1. The van der Waals surface area contributed by atoms with Crippen molar-refractivity contribution in [3.63, 3.8) is 0 Å². The van der Waals surface area contributed by atoms with E-state index < -0.39 is 12.4 Å². The molecule has 1 N–H and O–H groups in total. The molecule has 2 aromatic heterocycles. The molecule has 0 amide bonds. The fourth-order valence-corrected chi connectivity index (χ4v) is 1.87. The summed E-state index contributed by atoms with van der Waals surface area (Å²) in [6.45, 7) is -0.138. The predicted molar refractivity (Wildman–Crippen MR) is 70.6 cm³/mol. The summed E-state index contributed by atoms with van der Waals surface area (Å²) in [5.41, 5.74) is 0.741. The van der Waals surface area contributed by atoms with Crippen molar-refractivity contribution in [3.05, 3.63) is 44.8 Å². The van der Waals surface area contributed by atoms with E-state index in [9.17, 15) is 9.18 Å². The van der Waals surface area contributed by atoms with Crippen molar-refractivity contribution in [3.8, 4) is 0 Å². The fraction of sp³-hybridized carbons (Fsp3) is 0.273. The van der Waals surface area contributed by atoms with Gasteiger partial charge in [-0.15, -0.1) is 0 Å².